The van der Waals surface area contributed by atoms with Crippen LogP contribution >= 0.6 is 0 Å². The topological polar surface area (TPSA) is 101 Å². The van der Waals surface area contributed by atoms with Gasteiger partial charge in [-0.25, -0.2) is 0 Å². The minimum absolute atomic E-state index is 0.137. The first-order chi connectivity index (χ1) is 4.57. The molecule has 0 bridgehead atoms. The molecule has 0 radical (unpaired) electrons. The fourth-order valence-electron chi connectivity index (χ4n) is 0.482. The molecule has 10 heavy (non-hydrogen) atoms. The minimum atomic E-state index is -1.16. The van der Waals surface area contributed by atoms with Crippen LogP contribution in [0.1, 0.15) is 6.42 Å². The maximum absolute atomic E-state index is 10.1. The summed E-state index contributed by atoms with van der Waals surface area (Å²) in [6.45, 7) is -0.137. The Bertz CT molecular complexity index is 145. The zero-order chi connectivity index (χ0) is 8.15. The Morgan fingerprint density at radius 1 is 1.40 bits per heavy atom. The normalized spacial score (nSPS) is 12.5. The summed E-state index contributed by atoms with van der Waals surface area (Å²) in [7, 11) is 0. The smallest absolute Gasteiger partial charge is 0.308 e. The number of nitrogens with two attached hydrogens (primary N) is 1. The van der Waals surface area contributed by atoms with Crippen molar-refractivity contribution in [3.8, 4) is 0 Å². The van der Waals surface area contributed by atoms with Crippen molar-refractivity contribution in [3.63, 3.8) is 0 Å². The van der Waals surface area contributed by atoms with E-state index in [1.807, 2.05) is 0 Å². The van der Waals surface area contributed by atoms with E-state index in [2.05, 4.69) is 0 Å². The van der Waals surface area contributed by atoms with E-state index >= 15 is 0 Å². The van der Waals surface area contributed by atoms with Gasteiger partial charge in [0, 0.05) is 6.54 Å². The summed E-state index contributed by atoms with van der Waals surface area (Å²) >= 11 is 0. The number of aliphatic carboxylic acids is 2. The van der Waals surface area contributed by atoms with Gasteiger partial charge in [-0.3, -0.25) is 9.59 Å². The maximum atomic E-state index is 10.1. The monoisotopic (exact) mass is 147 g/mol. The lowest BCUT2D eigenvalue weighted by Crippen LogP contribution is -2.25. The Labute approximate surface area is 57.5 Å². The van der Waals surface area contributed by atoms with E-state index in [-0.39, 0.29) is 6.54 Å². The highest BCUT2D eigenvalue weighted by atomic mass is 16.4. The molecular weight excluding hydrogens is 138 g/mol. The zero-order valence-electron chi connectivity index (χ0n) is 5.28. The molecule has 5 nitrogen and oxygen atoms in total. The third-order valence-electron chi connectivity index (χ3n) is 1.05. The van der Waals surface area contributed by atoms with Gasteiger partial charge in [-0.2, -0.15) is 0 Å². The molecule has 0 rings (SSSR count). The lowest BCUT2D eigenvalue weighted by molar-refractivity contribution is -0.147. The van der Waals surface area contributed by atoms with Crippen LogP contribution in [0.3, 0.4) is 0 Å². The molecule has 1 atom stereocenters. The Hall–Kier alpha value is -1.10. The average Bonchev–Trinajstić information content (AvgIpc) is 1.81. The second-order valence-electron chi connectivity index (χ2n) is 1.87. The van der Waals surface area contributed by atoms with Crippen LogP contribution in [0.2, 0.25) is 0 Å². The fourth-order valence-corrected chi connectivity index (χ4v) is 0.482. The van der Waals surface area contributed by atoms with Gasteiger partial charge in [0.15, 0.2) is 0 Å². The largest absolute Gasteiger partial charge is 0.481 e. The van der Waals surface area contributed by atoms with Crippen molar-refractivity contribution in [2.45, 2.75) is 6.42 Å². The van der Waals surface area contributed by atoms with Gasteiger partial charge in [0.1, 0.15) is 0 Å². The lowest BCUT2D eigenvalue weighted by Gasteiger charge is -2.03. The van der Waals surface area contributed by atoms with Gasteiger partial charge in [0.05, 0.1) is 12.3 Å². The van der Waals surface area contributed by atoms with Crippen LogP contribution in [0.15, 0.2) is 0 Å². The summed E-state index contributed by atoms with van der Waals surface area (Å²) in [6, 6.07) is 0. The van der Waals surface area contributed by atoms with Gasteiger partial charge in [-0.1, -0.05) is 0 Å². The quantitative estimate of drug-likeness (QED) is 0.479. The highest BCUT2D eigenvalue weighted by Crippen LogP contribution is 1.99. The molecule has 0 saturated carbocycles. The molecule has 0 aliphatic carbocycles. The molecule has 0 saturated heterocycles. The van der Waals surface area contributed by atoms with Crippen LogP contribution in [0.4, 0.5) is 0 Å². The first-order valence-electron chi connectivity index (χ1n) is 2.72. The van der Waals surface area contributed by atoms with Gasteiger partial charge in [0.2, 0.25) is 0 Å². The Morgan fingerprint density at radius 3 is 2.00 bits per heavy atom. The van der Waals surface area contributed by atoms with Crippen molar-refractivity contribution >= 4 is 11.9 Å². The molecule has 58 valence electrons. The number of hydrogen-bond acceptors (Lipinski definition) is 3. The number of rotatable bonds is 4. The highest BCUT2D eigenvalue weighted by Gasteiger charge is 2.18. The predicted molar refractivity (Wildman–Crippen MR) is 32.4 cm³/mol. The second kappa shape index (κ2) is 3.84. The van der Waals surface area contributed by atoms with Crippen molar-refractivity contribution < 1.29 is 19.8 Å². The van der Waals surface area contributed by atoms with Gasteiger partial charge >= 0.3 is 11.9 Å². The molecule has 1 unspecified atom stereocenters. The van der Waals surface area contributed by atoms with Crippen molar-refractivity contribution in [2.24, 2.45) is 11.7 Å². The predicted octanol–water partition coefficient (Wildman–Crippen LogP) is -0.879. The van der Waals surface area contributed by atoms with Gasteiger partial charge in [-0.05, 0) is 0 Å². The van der Waals surface area contributed by atoms with Crippen molar-refractivity contribution in [2.75, 3.05) is 6.54 Å². The molecule has 0 aliphatic rings. The van der Waals surface area contributed by atoms with Crippen LogP contribution in [0, 0.1) is 5.92 Å². The molecule has 0 amide bonds. The molecule has 4 N–H and O–H groups in total. The lowest BCUT2D eigenvalue weighted by atomic mass is 10.1. The average molecular weight is 147 g/mol. The van der Waals surface area contributed by atoms with Crippen LogP contribution in [-0.2, 0) is 9.59 Å². The zero-order valence-corrected chi connectivity index (χ0v) is 5.28. The van der Waals surface area contributed by atoms with E-state index in [9.17, 15) is 9.59 Å². The first-order valence-corrected chi connectivity index (χ1v) is 2.72. The number of hydrogen-bond donors (Lipinski definition) is 3. The van der Waals surface area contributed by atoms with Gasteiger partial charge < -0.3 is 15.9 Å². The number of carboxylic acid groups (broad SMARTS) is 2. The van der Waals surface area contributed by atoms with Crippen molar-refractivity contribution in [1.82, 2.24) is 0 Å². The molecule has 5 heteroatoms. The van der Waals surface area contributed by atoms with Crippen molar-refractivity contribution in [3.05, 3.63) is 0 Å². The third kappa shape index (κ3) is 3.03. The van der Waals surface area contributed by atoms with E-state index in [1.54, 1.807) is 0 Å². The van der Waals surface area contributed by atoms with Crippen LogP contribution in [0.5, 0.6) is 0 Å². The van der Waals surface area contributed by atoms with Crippen molar-refractivity contribution in [1.29, 1.82) is 0 Å². The minimum Gasteiger partial charge on any atom is -0.481 e. The summed E-state index contributed by atoms with van der Waals surface area (Å²) < 4.78 is 0. The number of carboxylic acids is 2. The molecule has 0 fully saturated rings. The SMILES string of the molecule is NCC(CC(=O)O)C(=O)O. The number of carbonyl (C=O) groups is 2. The summed E-state index contributed by atoms with van der Waals surface area (Å²) in [5.74, 6) is -3.26. The first kappa shape index (κ1) is 8.90. The van der Waals surface area contributed by atoms with Gasteiger partial charge in [0.25, 0.3) is 0 Å². The molecule has 0 aliphatic heterocycles. The van der Waals surface area contributed by atoms with Crippen LogP contribution in [0.25, 0.3) is 0 Å². The molecule has 0 aromatic heterocycles. The summed E-state index contributed by atoms with van der Waals surface area (Å²) in [5, 5.41) is 16.4. The maximum Gasteiger partial charge on any atom is 0.308 e. The Balaban J connectivity index is 3.83. The van der Waals surface area contributed by atoms with Gasteiger partial charge in [-0.15, -0.1) is 0 Å². The molecule has 0 spiro atoms. The highest BCUT2D eigenvalue weighted by molar-refractivity contribution is 5.77. The van der Waals surface area contributed by atoms with Crippen LogP contribution < -0.4 is 5.73 Å². The molecular formula is C5H9NO4. The summed E-state index contributed by atoms with van der Waals surface area (Å²) in [4.78, 5) is 20.1. The third-order valence-corrected chi connectivity index (χ3v) is 1.05. The molecule has 0 aromatic carbocycles. The standard InChI is InChI=1S/C5H9NO4/c6-2-3(5(9)10)1-4(7)8/h3H,1-2,6H2,(H,7,8)(H,9,10). The fraction of sp³-hybridized carbons (Fsp3) is 0.600. The van der Waals surface area contributed by atoms with E-state index in [0.29, 0.717) is 0 Å². The van der Waals surface area contributed by atoms with E-state index < -0.39 is 24.3 Å². The Morgan fingerprint density at radius 2 is 1.90 bits per heavy atom. The van der Waals surface area contributed by atoms with E-state index in [4.69, 9.17) is 15.9 Å². The second-order valence-corrected chi connectivity index (χ2v) is 1.87. The van der Waals surface area contributed by atoms with E-state index in [1.165, 1.54) is 0 Å². The van der Waals surface area contributed by atoms with Crippen LogP contribution in [-0.4, -0.2) is 28.7 Å². The summed E-state index contributed by atoms with van der Waals surface area (Å²) in [6.07, 6.45) is -0.411. The van der Waals surface area contributed by atoms with E-state index in [0.717, 1.165) is 0 Å². The molecule has 0 heterocycles. The summed E-state index contributed by atoms with van der Waals surface area (Å²) in [5.41, 5.74) is 4.98. The molecule has 0 aromatic rings. The Kier molecular flexibility index (Phi) is 3.42.